The molecule has 480 valence electrons. The number of allylic oxidation sites excluding steroid dienone is 13. The minimum atomic E-state index is -1.62. The lowest BCUT2D eigenvalue weighted by Gasteiger charge is -2.41. The summed E-state index contributed by atoms with van der Waals surface area (Å²) < 4.78 is 17.7. The molecule has 0 aromatic rings. The van der Waals surface area contributed by atoms with Crippen molar-refractivity contribution in [3.05, 3.63) is 85.1 Å². The van der Waals surface area contributed by atoms with Crippen LogP contribution in [-0.2, 0) is 23.8 Å². The Kier molecular flexibility index (Phi) is 55.5. The van der Waals surface area contributed by atoms with E-state index >= 15 is 0 Å². The van der Waals surface area contributed by atoms with E-state index in [1.165, 1.54) is 135 Å². The molecule has 0 spiro atoms. The molecule has 11 nitrogen and oxygen atoms in total. The van der Waals surface area contributed by atoms with E-state index in [-0.39, 0.29) is 19.4 Å². The van der Waals surface area contributed by atoms with Crippen molar-refractivity contribution in [3.8, 4) is 0 Å². The van der Waals surface area contributed by atoms with E-state index in [1.807, 2.05) is 6.08 Å². The maximum Gasteiger partial charge on any atom is 0.306 e. The highest BCUT2D eigenvalue weighted by atomic mass is 16.7. The fraction of sp³-hybridized carbons (Fsp3) is 0.778. The Balaban J connectivity index is 2.58. The lowest BCUT2D eigenvalue weighted by molar-refractivity contribution is -0.305. The summed E-state index contributed by atoms with van der Waals surface area (Å²) >= 11 is 0. The van der Waals surface area contributed by atoms with Gasteiger partial charge in [-0.05, 0) is 77.0 Å². The first kappa shape index (κ1) is 77.9. The third-order valence-corrected chi connectivity index (χ3v) is 15.8. The number of carbonyl (C=O) groups is 2. The Bertz CT molecular complexity index is 1670. The maximum absolute atomic E-state index is 13.5. The summed E-state index contributed by atoms with van der Waals surface area (Å²) in [5.41, 5.74) is 0. The van der Waals surface area contributed by atoms with Crippen LogP contribution in [0.3, 0.4) is 0 Å². The van der Waals surface area contributed by atoms with Crippen LogP contribution in [0.1, 0.15) is 297 Å². The summed E-state index contributed by atoms with van der Waals surface area (Å²) in [4.78, 5) is 26.6. The number of esters is 1. The van der Waals surface area contributed by atoms with E-state index in [9.17, 15) is 35.1 Å². The highest BCUT2D eigenvalue weighted by Crippen LogP contribution is 2.26. The van der Waals surface area contributed by atoms with Crippen LogP contribution in [0.25, 0.3) is 0 Å². The quantitative estimate of drug-likeness (QED) is 0.0195. The molecule has 0 aromatic carbocycles. The Hall–Kier alpha value is -3.16. The first-order valence-electron chi connectivity index (χ1n) is 34.4. The Morgan fingerprint density at radius 2 is 0.867 bits per heavy atom. The average Bonchev–Trinajstić information content (AvgIpc) is 3.62. The zero-order valence-electron chi connectivity index (χ0n) is 53.3. The van der Waals surface area contributed by atoms with E-state index in [2.05, 4.69) is 99.0 Å². The number of rotatable bonds is 58. The second-order valence-corrected chi connectivity index (χ2v) is 23.5. The van der Waals surface area contributed by atoms with Crippen LogP contribution >= 0.6 is 0 Å². The summed E-state index contributed by atoms with van der Waals surface area (Å²) in [6.45, 7) is 5.69. The lowest BCUT2D eigenvalue weighted by Crippen LogP contribution is -2.61. The normalized spacial score (nSPS) is 19.1. The van der Waals surface area contributed by atoms with Gasteiger partial charge in [-0.15, -0.1) is 0 Å². The van der Waals surface area contributed by atoms with Gasteiger partial charge in [0.2, 0.25) is 5.91 Å². The standard InChI is InChI=1S/C72H127NO10/c1-4-7-10-13-16-19-22-24-26-28-29-30-31-32-33-34-35-36-38-39-41-44-47-50-53-56-59-65(76)71(80)73-63(64(75)58-55-52-49-46-43-21-18-15-12-9-6-3)62-81-72-70(69(79)68(78)66(61-74)82-72)83-67(77)60-57-54-51-48-45-42-40-37-27-25-23-20-17-14-11-8-5-2/h7,10,16,19,24,26,29-30,32-33,35-36,55,58,63-66,68-70,72,74-76,78-79H,4-6,8-9,11-15,17-18,20-23,25,27-28,31,34,37-54,56-57,59-62H2,1-3H3,(H,73,80)/b10-7-,19-16-,26-24-,30-29-,33-32-,36-35-,58-55+. The Morgan fingerprint density at radius 1 is 0.482 bits per heavy atom. The van der Waals surface area contributed by atoms with Gasteiger partial charge in [-0.3, -0.25) is 9.59 Å². The molecule has 0 saturated carbocycles. The van der Waals surface area contributed by atoms with Gasteiger partial charge < -0.3 is 45.1 Å². The molecule has 1 amide bonds. The molecular formula is C72H127NO10. The van der Waals surface area contributed by atoms with Crippen LogP contribution in [0.15, 0.2) is 85.1 Å². The van der Waals surface area contributed by atoms with Gasteiger partial charge in [0.25, 0.3) is 0 Å². The second kappa shape index (κ2) is 59.2. The van der Waals surface area contributed by atoms with Crippen molar-refractivity contribution in [2.75, 3.05) is 13.2 Å². The van der Waals surface area contributed by atoms with Gasteiger partial charge in [-0.25, -0.2) is 0 Å². The number of hydrogen-bond acceptors (Lipinski definition) is 10. The first-order chi connectivity index (χ1) is 40.7. The Labute approximate surface area is 508 Å². The minimum absolute atomic E-state index is 0.124. The van der Waals surface area contributed by atoms with Crippen molar-refractivity contribution in [3.63, 3.8) is 0 Å². The predicted octanol–water partition coefficient (Wildman–Crippen LogP) is 17.3. The second-order valence-electron chi connectivity index (χ2n) is 23.5. The molecular weight excluding hydrogens is 1040 g/mol. The lowest BCUT2D eigenvalue weighted by atomic mass is 9.99. The molecule has 8 unspecified atom stereocenters. The summed E-state index contributed by atoms with van der Waals surface area (Å²) in [6.07, 6.45) is 67.6. The van der Waals surface area contributed by atoms with Crippen molar-refractivity contribution in [1.29, 1.82) is 0 Å². The number of unbranched alkanes of at least 4 members (excludes halogenated alkanes) is 32. The van der Waals surface area contributed by atoms with Crippen molar-refractivity contribution < 1.29 is 49.3 Å². The molecule has 0 aromatic heterocycles. The van der Waals surface area contributed by atoms with Crippen molar-refractivity contribution in [2.24, 2.45) is 0 Å². The topological polar surface area (TPSA) is 175 Å². The van der Waals surface area contributed by atoms with E-state index in [0.717, 1.165) is 116 Å². The van der Waals surface area contributed by atoms with Gasteiger partial charge in [0.05, 0.1) is 25.4 Å². The van der Waals surface area contributed by atoms with Crippen LogP contribution < -0.4 is 5.32 Å². The molecule has 0 radical (unpaired) electrons. The largest absolute Gasteiger partial charge is 0.454 e. The fourth-order valence-corrected chi connectivity index (χ4v) is 10.4. The number of aliphatic hydroxyl groups excluding tert-OH is 5. The summed E-state index contributed by atoms with van der Waals surface area (Å²) in [5.74, 6) is -1.20. The van der Waals surface area contributed by atoms with Gasteiger partial charge >= 0.3 is 5.97 Å². The first-order valence-corrected chi connectivity index (χ1v) is 34.4. The molecule has 0 aliphatic carbocycles. The van der Waals surface area contributed by atoms with E-state index in [4.69, 9.17) is 14.2 Å². The van der Waals surface area contributed by atoms with Crippen molar-refractivity contribution >= 4 is 11.9 Å². The van der Waals surface area contributed by atoms with Crippen molar-refractivity contribution in [2.45, 2.75) is 346 Å². The third kappa shape index (κ3) is 46.7. The van der Waals surface area contributed by atoms with Gasteiger partial charge in [-0.1, -0.05) is 298 Å². The monoisotopic (exact) mass is 1170 g/mol. The summed E-state index contributed by atoms with van der Waals surface area (Å²) in [6, 6.07) is -1.03. The number of aliphatic hydroxyl groups is 5. The van der Waals surface area contributed by atoms with E-state index in [0.29, 0.717) is 12.8 Å². The number of hydrogen-bond donors (Lipinski definition) is 6. The minimum Gasteiger partial charge on any atom is -0.454 e. The van der Waals surface area contributed by atoms with Crippen LogP contribution in [-0.4, -0.2) is 99.6 Å². The number of amides is 1. The van der Waals surface area contributed by atoms with E-state index < -0.39 is 67.4 Å². The van der Waals surface area contributed by atoms with Crippen molar-refractivity contribution in [1.82, 2.24) is 5.32 Å². The van der Waals surface area contributed by atoms with Gasteiger partial charge in [0.1, 0.15) is 24.4 Å². The Morgan fingerprint density at radius 3 is 1.30 bits per heavy atom. The van der Waals surface area contributed by atoms with Crippen LogP contribution in [0, 0.1) is 0 Å². The zero-order chi connectivity index (χ0) is 60.3. The number of nitrogens with one attached hydrogen (secondary N) is 1. The van der Waals surface area contributed by atoms with Gasteiger partial charge in [0.15, 0.2) is 12.4 Å². The summed E-state index contributed by atoms with van der Waals surface area (Å²) in [7, 11) is 0. The molecule has 1 aliphatic rings. The molecule has 1 heterocycles. The van der Waals surface area contributed by atoms with Gasteiger partial charge in [0, 0.05) is 6.42 Å². The smallest absolute Gasteiger partial charge is 0.306 e. The van der Waals surface area contributed by atoms with Crippen LogP contribution in [0.2, 0.25) is 0 Å². The molecule has 8 atom stereocenters. The van der Waals surface area contributed by atoms with Crippen LogP contribution in [0.5, 0.6) is 0 Å². The highest BCUT2D eigenvalue weighted by molar-refractivity contribution is 5.80. The number of carbonyl (C=O) groups excluding carboxylic acids is 2. The molecule has 6 N–H and O–H groups in total. The zero-order valence-corrected chi connectivity index (χ0v) is 53.3. The van der Waals surface area contributed by atoms with Crippen LogP contribution in [0.4, 0.5) is 0 Å². The SMILES string of the molecule is CC/C=C\C/C=C\C/C=C\C/C=C\C/C=C\C/C=C\CCCCCCCCCC(O)C(=O)NC(COC1OC(CO)C(O)C(O)C1OC(=O)CCCCCCCCCCCCCCCCCCC)C(O)/C=C/CCCCCCCCCCC. The average molecular weight is 1170 g/mol. The highest BCUT2D eigenvalue weighted by Gasteiger charge is 2.47. The molecule has 1 rings (SSSR count). The maximum atomic E-state index is 13.5. The molecule has 11 heteroatoms. The third-order valence-electron chi connectivity index (χ3n) is 15.8. The predicted molar refractivity (Wildman–Crippen MR) is 347 cm³/mol. The molecule has 0 bridgehead atoms. The molecule has 1 saturated heterocycles. The summed E-state index contributed by atoms with van der Waals surface area (Å²) in [5, 5.41) is 57.1. The molecule has 1 aliphatic heterocycles. The fourth-order valence-electron chi connectivity index (χ4n) is 10.4. The van der Waals surface area contributed by atoms with E-state index in [1.54, 1.807) is 6.08 Å². The molecule has 1 fully saturated rings. The van der Waals surface area contributed by atoms with Gasteiger partial charge in [-0.2, -0.15) is 0 Å². The number of ether oxygens (including phenoxy) is 3. The molecule has 83 heavy (non-hydrogen) atoms.